The average Bonchev–Trinajstić information content (AvgIpc) is 2.72. The van der Waals surface area contributed by atoms with E-state index in [0.29, 0.717) is 18.9 Å². The molecule has 1 N–H and O–H groups in total. The first kappa shape index (κ1) is 13.3. The Hall–Kier alpha value is -1.10. The van der Waals surface area contributed by atoms with Gasteiger partial charge in [0.2, 0.25) is 11.8 Å². The molecule has 5 nitrogen and oxygen atoms in total. The maximum Gasteiger partial charge on any atom is 0.245 e. The van der Waals surface area contributed by atoms with Crippen molar-refractivity contribution in [1.82, 2.24) is 10.2 Å². The van der Waals surface area contributed by atoms with Crippen LogP contribution in [-0.4, -0.2) is 48.1 Å². The Morgan fingerprint density at radius 3 is 2.67 bits per heavy atom. The van der Waals surface area contributed by atoms with Gasteiger partial charge in [-0.3, -0.25) is 9.59 Å². The van der Waals surface area contributed by atoms with Gasteiger partial charge in [0.05, 0.1) is 6.10 Å². The highest BCUT2D eigenvalue weighted by Crippen LogP contribution is 2.24. The van der Waals surface area contributed by atoms with E-state index in [0.717, 1.165) is 13.0 Å². The number of piperazine rings is 1. The minimum atomic E-state index is -0.405. The number of rotatable bonds is 3. The van der Waals surface area contributed by atoms with Crippen LogP contribution < -0.4 is 5.32 Å². The van der Waals surface area contributed by atoms with Crippen LogP contribution in [0.15, 0.2) is 0 Å². The topological polar surface area (TPSA) is 58.6 Å². The van der Waals surface area contributed by atoms with Crippen LogP contribution in [0, 0.1) is 5.92 Å². The molecule has 5 heteroatoms. The normalized spacial score (nSPS) is 36.9. The number of carbonyl (C=O) groups excluding carboxylic acids is 2. The van der Waals surface area contributed by atoms with Crippen LogP contribution >= 0.6 is 0 Å². The van der Waals surface area contributed by atoms with Gasteiger partial charge in [0, 0.05) is 19.1 Å². The highest BCUT2D eigenvalue weighted by atomic mass is 16.5. The zero-order valence-corrected chi connectivity index (χ0v) is 11.3. The summed E-state index contributed by atoms with van der Waals surface area (Å²) in [6.07, 6.45) is 1.81. The predicted molar refractivity (Wildman–Crippen MR) is 66.9 cm³/mol. The van der Waals surface area contributed by atoms with Crippen LogP contribution in [0.3, 0.4) is 0 Å². The molecule has 2 fully saturated rings. The van der Waals surface area contributed by atoms with Crippen LogP contribution in [0.1, 0.15) is 33.6 Å². The Labute approximate surface area is 108 Å². The van der Waals surface area contributed by atoms with Crippen LogP contribution in [-0.2, 0) is 14.3 Å². The van der Waals surface area contributed by atoms with Gasteiger partial charge in [-0.15, -0.1) is 0 Å². The number of nitrogens with zero attached hydrogens (tertiary/aromatic N) is 1. The summed E-state index contributed by atoms with van der Waals surface area (Å²) < 4.78 is 5.53. The lowest BCUT2D eigenvalue weighted by Crippen LogP contribution is -2.63. The third-order valence-electron chi connectivity index (χ3n) is 4.04. The average molecular weight is 254 g/mol. The Bertz CT molecular complexity index is 345. The molecule has 0 radical (unpaired) electrons. The summed E-state index contributed by atoms with van der Waals surface area (Å²) in [6, 6.07) is -0.723. The third kappa shape index (κ3) is 2.36. The molecule has 2 heterocycles. The lowest BCUT2D eigenvalue weighted by molar-refractivity contribution is -0.149. The summed E-state index contributed by atoms with van der Waals surface area (Å²) in [4.78, 5) is 25.9. The predicted octanol–water partition coefficient (Wildman–Crippen LogP) is 0.537. The minimum Gasteiger partial charge on any atom is -0.378 e. The molecule has 0 aromatic carbocycles. The highest BCUT2D eigenvalue weighted by Gasteiger charge is 2.39. The summed E-state index contributed by atoms with van der Waals surface area (Å²) >= 11 is 0. The fourth-order valence-corrected chi connectivity index (χ4v) is 2.81. The molecule has 2 rings (SSSR count). The molecule has 102 valence electrons. The van der Waals surface area contributed by atoms with Crippen molar-refractivity contribution in [3.63, 3.8) is 0 Å². The van der Waals surface area contributed by atoms with E-state index in [9.17, 15) is 9.59 Å². The molecule has 0 saturated carbocycles. The van der Waals surface area contributed by atoms with Crippen LogP contribution in [0.25, 0.3) is 0 Å². The van der Waals surface area contributed by atoms with E-state index in [2.05, 4.69) is 5.32 Å². The largest absolute Gasteiger partial charge is 0.378 e. The zero-order valence-electron chi connectivity index (χ0n) is 11.3. The number of hydrogen-bond acceptors (Lipinski definition) is 3. The summed E-state index contributed by atoms with van der Waals surface area (Å²) in [5.41, 5.74) is 0. The summed E-state index contributed by atoms with van der Waals surface area (Å²) in [7, 11) is 0. The monoisotopic (exact) mass is 254 g/mol. The van der Waals surface area contributed by atoms with E-state index in [-0.39, 0.29) is 24.0 Å². The van der Waals surface area contributed by atoms with Gasteiger partial charge in [0.1, 0.15) is 12.1 Å². The maximum atomic E-state index is 12.2. The van der Waals surface area contributed by atoms with E-state index < -0.39 is 6.04 Å². The summed E-state index contributed by atoms with van der Waals surface area (Å²) in [5.74, 6) is 0.345. The first-order valence-corrected chi connectivity index (χ1v) is 6.77. The van der Waals surface area contributed by atoms with Gasteiger partial charge in [0.15, 0.2) is 0 Å². The van der Waals surface area contributed by atoms with E-state index in [1.165, 1.54) is 0 Å². The number of nitrogens with one attached hydrogen (secondary N) is 1. The van der Waals surface area contributed by atoms with Gasteiger partial charge in [-0.05, 0) is 26.7 Å². The zero-order chi connectivity index (χ0) is 13.3. The van der Waals surface area contributed by atoms with Gasteiger partial charge in [0.25, 0.3) is 0 Å². The number of ether oxygens (including phenoxy) is 1. The Morgan fingerprint density at radius 2 is 2.11 bits per heavy atom. The van der Waals surface area contributed by atoms with E-state index in [4.69, 9.17) is 4.74 Å². The van der Waals surface area contributed by atoms with Crippen molar-refractivity contribution in [2.24, 2.45) is 5.92 Å². The van der Waals surface area contributed by atoms with Crippen molar-refractivity contribution in [2.75, 3.05) is 13.2 Å². The maximum absolute atomic E-state index is 12.2. The van der Waals surface area contributed by atoms with Crippen molar-refractivity contribution < 1.29 is 14.3 Å². The van der Waals surface area contributed by atoms with Gasteiger partial charge in [-0.2, -0.15) is 0 Å². The molecule has 4 atom stereocenters. The number of carbonyl (C=O) groups is 2. The number of hydrogen-bond donors (Lipinski definition) is 1. The molecule has 2 amide bonds. The van der Waals surface area contributed by atoms with Crippen LogP contribution in [0.4, 0.5) is 0 Å². The quantitative estimate of drug-likeness (QED) is 0.799. The Balaban J connectivity index is 2.10. The molecule has 0 aromatic rings. The van der Waals surface area contributed by atoms with E-state index >= 15 is 0 Å². The molecule has 0 aromatic heterocycles. The van der Waals surface area contributed by atoms with Gasteiger partial charge in [-0.1, -0.05) is 6.92 Å². The van der Waals surface area contributed by atoms with Crippen molar-refractivity contribution >= 4 is 11.8 Å². The lowest BCUT2D eigenvalue weighted by Gasteiger charge is -2.39. The molecule has 0 bridgehead atoms. The van der Waals surface area contributed by atoms with E-state index in [1.807, 2.05) is 13.8 Å². The highest BCUT2D eigenvalue weighted by molar-refractivity contribution is 5.96. The van der Waals surface area contributed by atoms with E-state index in [1.54, 1.807) is 11.8 Å². The summed E-state index contributed by atoms with van der Waals surface area (Å²) in [6.45, 7) is 7.11. The van der Waals surface area contributed by atoms with Crippen LogP contribution in [0.5, 0.6) is 0 Å². The van der Waals surface area contributed by atoms with Crippen molar-refractivity contribution in [3.05, 3.63) is 0 Å². The fraction of sp³-hybridized carbons (Fsp3) is 0.846. The smallest absolute Gasteiger partial charge is 0.245 e. The van der Waals surface area contributed by atoms with Crippen molar-refractivity contribution in [2.45, 2.75) is 51.8 Å². The second kappa shape index (κ2) is 5.26. The SMILES string of the molecule is CCC1C(=O)NC(C)C(=O)N1CC1CCOC1C. The Morgan fingerprint density at radius 1 is 1.39 bits per heavy atom. The molecule has 2 aliphatic heterocycles. The van der Waals surface area contributed by atoms with Gasteiger partial charge in [-0.25, -0.2) is 0 Å². The van der Waals surface area contributed by atoms with Crippen LogP contribution in [0.2, 0.25) is 0 Å². The second-order valence-corrected chi connectivity index (χ2v) is 5.27. The van der Waals surface area contributed by atoms with Crippen molar-refractivity contribution in [1.29, 1.82) is 0 Å². The molecule has 0 spiro atoms. The van der Waals surface area contributed by atoms with Crippen molar-refractivity contribution in [3.8, 4) is 0 Å². The first-order valence-electron chi connectivity index (χ1n) is 6.77. The fourth-order valence-electron chi connectivity index (χ4n) is 2.81. The molecule has 2 saturated heterocycles. The molecule has 4 unspecified atom stereocenters. The minimum absolute atomic E-state index is 0.0283. The second-order valence-electron chi connectivity index (χ2n) is 5.27. The third-order valence-corrected chi connectivity index (χ3v) is 4.04. The Kier molecular flexibility index (Phi) is 3.90. The molecule has 2 aliphatic rings. The lowest BCUT2D eigenvalue weighted by atomic mass is 9.98. The molecular weight excluding hydrogens is 232 g/mol. The number of amides is 2. The molecular formula is C13H22N2O3. The standard InChI is InChI=1S/C13H22N2O3/c1-4-11-12(16)14-8(2)13(17)15(11)7-10-5-6-18-9(10)3/h8-11H,4-7H2,1-3H3,(H,14,16). The summed E-state index contributed by atoms with van der Waals surface area (Å²) in [5, 5.41) is 2.73. The molecule has 0 aliphatic carbocycles. The van der Waals surface area contributed by atoms with Gasteiger partial charge < -0.3 is 15.0 Å². The van der Waals surface area contributed by atoms with Gasteiger partial charge >= 0.3 is 0 Å². The molecule has 18 heavy (non-hydrogen) atoms. The first-order chi connectivity index (χ1) is 8.54.